The van der Waals surface area contributed by atoms with Gasteiger partial charge in [0.15, 0.2) is 0 Å². The molecule has 1 nitrogen and oxygen atoms in total. The quantitative estimate of drug-likeness (QED) is 0.347. The minimum absolute atomic E-state index is 0.480. The number of ether oxygens (including phenoxy) is 1. The van der Waals surface area contributed by atoms with Crippen molar-refractivity contribution < 1.29 is 4.74 Å². The van der Waals surface area contributed by atoms with Crippen LogP contribution in [0.25, 0.3) is 21.5 Å². The summed E-state index contributed by atoms with van der Waals surface area (Å²) in [5.41, 5.74) is 2.88. The van der Waals surface area contributed by atoms with Crippen molar-refractivity contribution in [3.63, 3.8) is 0 Å². The summed E-state index contributed by atoms with van der Waals surface area (Å²) >= 11 is 0. The summed E-state index contributed by atoms with van der Waals surface area (Å²) in [5, 5.41) is 5.44. The van der Waals surface area contributed by atoms with Crippen molar-refractivity contribution in [2.75, 3.05) is 7.11 Å². The molecule has 0 saturated heterocycles. The van der Waals surface area contributed by atoms with E-state index < -0.39 is 0 Å². The van der Waals surface area contributed by atoms with E-state index in [1.807, 2.05) is 0 Å². The first-order valence-electron chi connectivity index (χ1n) is 10.3. The molecule has 1 unspecified atom stereocenters. The Bertz CT molecular complexity index is 1060. The van der Waals surface area contributed by atoms with Gasteiger partial charge in [-0.15, -0.1) is 0 Å². The largest absolute Gasteiger partial charge is 0.497 e. The van der Waals surface area contributed by atoms with Crippen molar-refractivity contribution in [1.82, 2.24) is 0 Å². The van der Waals surface area contributed by atoms with Crippen LogP contribution < -0.4 is 4.74 Å². The third-order valence-corrected chi connectivity index (χ3v) is 6.22. The summed E-state index contributed by atoms with van der Waals surface area (Å²) in [6.07, 6.45) is 4.97. The first kappa shape index (κ1) is 17.3. The maximum Gasteiger partial charge on any atom is 0.118 e. The van der Waals surface area contributed by atoms with Crippen LogP contribution in [0.15, 0.2) is 78.9 Å². The number of fused-ring (bicyclic) bond motifs is 2. The highest BCUT2D eigenvalue weighted by Crippen LogP contribution is 2.47. The van der Waals surface area contributed by atoms with Crippen LogP contribution >= 0.6 is 0 Å². The molecule has 0 spiro atoms. The second kappa shape index (κ2) is 7.31. The van der Waals surface area contributed by atoms with Crippen LogP contribution in [-0.4, -0.2) is 7.11 Å². The lowest BCUT2D eigenvalue weighted by molar-refractivity contribution is 0.414. The molecular weight excluding hydrogens is 340 g/mol. The van der Waals surface area contributed by atoms with Crippen LogP contribution in [0, 0.1) is 5.92 Å². The second-order valence-electron chi connectivity index (χ2n) is 7.79. The molecule has 0 bridgehead atoms. The molecular formula is C27H25O. The molecule has 139 valence electrons. The zero-order valence-corrected chi connectivity index (χ0v) is 16.3. The van der Waals surface area contributed by atoms with Gasteiger partial charge in [0.2, 0.25) is 0 Å². The topological polar surface area (TPSA) is 9.23 Å². The summed E-state index contributed by atoms with van der Waals surface area (Å²) in [4.78, 5) is 0. The van der Waals surface area contributed by atoms with Gasteiger partial charge >= 0.3 is 0 Å². The van der Waals surface area contributed by atoms with E-state index in [9.17, 15) is 0 Å². The highest BCUT2D eigenvalue weighted by molar-refractivity contribution is 6.04. The molecule has 1 fully saturated rings. The minimum Gasteiger partial charge on any atom is -0.497 e. The van der Waals surface area contributed by atoms with Crippen molar-refractivity contribution in [3.8, 4) is 5.75 Å². The maximum absolute atomic E-state index is 5.38. The summed E-state index contributed by atoms with van der Waals surface area (Å²) in [6, 6.07) is 28.8. The van der Waals surface area contributed by atoms with Crippen LogP contribution in [0.1, 0.15) is 42.7 Å². The van der Waals surface area contributed by atoms with Gasteiger partial charge in [-0.3, -0.25) is 0 Å². The van der Waals surface area contributed by atoms with Crippen LogP contribution in [0.5, 0.6) is 5.75 Å². The van der Waals surface area contributed by atoms with Gasteiger partial charge in [0.1, 0.15) is 5.75 Å². The van der Waals surface area contributed by atoms with Gasteiger partial charge in [-0.25, -0.2) is 0 Å². The zero-order valence-electron chi connectivity index (χ0n) is 16.3. The Hall–Kier alpha value is -2.80. The molecule has 1 atom stereocenters. The molecule has 0 aliphatic heterocycles. The van der Waals surface area contributed by atoms with E-state index in [1.165, 1.54) is 58.4 Å². The number of hydrogen-bond acceptors (Lipinski definition) is 1. The highest BCUT2D eigenvalue weighted by atomic mass is 16.5. The number of benzene rings is 4. The van der Waals surface area contributed by atoms with Gasteiger partial charge in [0.25, 0.3) is 0 Å². The van der Waals surface area contributed by atoms with Crippen LogP contribution in [0.3, 0.4) is 0 Å². The van der Waals surface area contributed by atoms with E-state index in [4.69, 9.17) is 4.74 Å². The van der Waals surface area contributed by atoms with E-state index in [2.05, 4.69) is 78.9 Å². The highest BCUT2D eigenvalue weighted by Gasteiger charge is 2.30. The van der Waals surface area contributed by atoms with E-state index >= 15 is 0 Å². The number of rotatable bonds is 3. The fourth-order valence-electron chi connectivity index (χ4n) is 4.88. The fraction of sp³-hybridized carbons (Fsp3) is 0.222. The Balaban J connectivity index is 1.71. The zero-order chi connectivity index (χ0) is 18.9. The first-order valence-corrected chi connectivity index (χ1v) is 10.3. The lowest BCUT2D eigenvalue weighted by Crippen LogP contribution is -2.17. The molecule has 1 heteroatoms. The predicted octanol–water partition coefficient (Wildman–Crippen LogP) is 7.28. The smallest absolute Gasteiger partial charge is 0.118 e. The number of methoxy groups -OCH3 is 1. The molecule has 0 aromatic heterocycles. The Labute approximate surface area is 167 Å². The minimum atomic E-state index is 0.480. The van der Waals surface area contributed by atoms with Crippen LogP contribution in [0.2, 0.25) is 0 Å². The van der Waals surface area contributed by atoms with Gasteiger partial charge < -0.3 is 4.74 Å². The molecule has 0 heterocycles. The molecule has 1 saturated carbocycles. The SMILES string of the molecule is COc1ccc(C2CCCC[C]2c2c3ccccc3cc3ccccc23)cc1. The lowest BCUT2D eigenvalue weighted by atomic mass is 9.70. The van der Waals surface area contributed by atoms with Gasteiger partial charge in [-0.05, 0) is 69.6 Å². The van der Waals surface area contributed by atoms with Gasteiger partial charge in [0, 0.05) is 5.92 Å². The third kappa shape index (κ3) is 2.96. The van der Waals surface area contributed by atoms with Crippen molar-refractivity contribution in [1.29, 1.82) is 0 Å². The summed E-state index contributed by atoms with van der Waals surface area (Å²) < 4.78 is 5.38. The van der Waals surface area contributed by atoms with Crippen LogP contribution in [0.4, 0.5) is 0 Å². The normalized spacial score (nSPS) is 17.8. The van der Waals surface area contributed by atoms with Crippen molar-refractivity contribution in [2.45, 2.75) is 31.6 Å². The first-order chi connectivity index (χ1) is 13.8. The monoisotopic (exact) mass is 365 g/mol. The molecule has 28 heavy (non-hydrogen) atoms. The molecule has 1 aliphatic rings. The van der Waals surface area contributed by atoms with Crippen molar-refractivity contribution >= 4 is 21.5 Å². The third-order valence-electron chi connectivity index (χ3n) is 6.22. The fourth-order valence-corrected chi connectivity index (χ4v) is 4.88. The summed E-state index contributed by atoms with van der Waals surface area (Å²) in [7, 11) is 1.73. The molecule has 1 radical (unpaired) electrons. The van der Waals surface area contributed by atoms with E-state index in [-0.39, 0.29) is 0 Å². The molecule has 0 amide bonds. The van der Waals surface area contributed by atoms with Crippen molar-refractivity contribution in [2.24, 2.45) is 0 Å². The molecule has 1 aliphatic carbocycles. The van der Waals surface area contributed by atoms with E-state index in [0.29, 0.717) is 5.92 Å². The van der Waals surface area contributed by atoms with Gasteiger partial charge in [-0.2, -0.15) is 0 Å². The van der Waals surface area contributed by atoms with Crippen LogP contribution in [-0.2, 0) is 0 Å². The Kier molecular flexibility index (Phi) is 4.52. The molecule has 4 aromatic rings. The van der Waals surface area contributed by atoms with Gasteiger partial charge in [0.05, 0.1) is 7.11 Å². The maximum atomic E-state index is 5.38. The standard InChI is InChI=1S/C27H25O/c1-28-22-16-14-19(15-17-22)23-10-6-7-13-26(23)27-24-11-4-2-8-20(24)18-21-9-3-5-12-25(21)27/h2-5,8-9,11-12,14-18,23H,6-7,10,13H2,1H3. The lowest BCUT2D eigenvalue weighted by Gasteiger charge is -2.33. The van der Waals surface area contributed by atoms with E-state index in [1.54, 1.807) is 13.0 Å². The average molecular weight is 365 g/mol. The molecule has 0 N–H and O–H groups in total. The molecule has 5 rings (SSSR count). The second-order valence-corrected chi connectivity index (χ2v) is 7.79. The average Bonchev–Trinajstić information content (AvgIpc) is 2.77. The van der Waals surface area contributed by atoms with Crippen molar-refractivity contribution in [3.05, 3.63) is 95.9 Å². The predicted molar refractivity (Wildman–Crippen MR) is 118 cm³/mol. The summed E-state index contributed by atoms with van der Waals surface area (Å²) in [5.74, 6) is 3.01. The Morgan fingerprint density at radius 2 is 1.39 bits per heavy atom. The Morgan fingerprint density at radius 3 is 2.04 bits per heavy atom. The number of hydrogen-bond donors (Lipinski definition) is 0. The molecule has 4 aromatic carbocycles. The van der Waals surface area contributed by atoms with Gasteiger partial charge in [-0.1, -0.05) is 73.5 Å². The van der Waals surface area contributed by atoms with E-state index in [0.717, 1.165) is 5.75 Å². The Morgan fingerprint density at radius 1 is 0.750 bits per heavy atom. The summed E-state index contributed by atoms with van der Waals surface area (Å²) in [6.45, 7) is 0.